The summed E-state index contributed by atoms with van der Waals surface area (Å²) in [5, 5.41) is 2.91. The minimum absolute atomic E-state index is 0.0745. The number of nitrogens with zero attached hydrogens (tertiary/aromatic N) is 3. The molecule has 8 heteroatoms. The van der Waals surface area contributed by atoms with E-state index in [2.05, 4.69) is 10.3 Å². The van der Waals surface area contributed by atoms with Crippen LogP contribution in [-0.4, -0.2) is 41.0 Å². The van der Waals surface area contributed by atoms with E-state index in [0.29, 0.717) is 37.8 Å². The second-order valence-electron chi connectivity index (χ2n) is 7.15. The average Bonchev–Trinajstić information content (AvgIpc) is 3.35. The number of hydrogen-bond acceptors (Lipinski definition) is 5. The summed E-state index contributed by atoms with van der Waals surface area (Å²) in [5.74, 6) is 0.687. The second kappa shape index (κ2) is 7.12. The molecule has 1 fully saturated rings. The summed E-state index contributed by atoms with van der Waals surface area (Å²) in [4.78, 5) is 31.2. The van der Waals surface area contributed by atoms with Crippen molar-refractivity contribution in [1.82, 2.24) is 14.7 Å². The number of amides is 2. The van der Waals surface area contributed by atoms with E-state index in [1.165, 1.54) is 0 Å². The smallest absolute Gasteiger partial charge is 0.227 e. The number of rotatable bonds is 4. The van der Waals surface area contributed by atoms with E-state index in [1.807, 2.05) is 41.1 Å². The third-order valence-corrected chi connectivity index (χ3v) is 5.19. The molecule has 1 saturated heterocycles. The van der Waals surface area contributed by atoms with E-state index in [-0.39, 0.29) is 18.2 Å². The first-order chi connectivity index (χ1) is 14.2. The van der Waals surface area contributed by atoms with Crippen LogP contribution in [0.15, 0.2) is 48.8 Å². The summed E-state index contributed by atoms with van der Waals surface area (Å²) in [6.07, 6.45) is 3.98. The third kappa shape index (κ3) is 3.37. The molecule has 1 unspecified atom stereocenters. The van der Waals surface area contributed by atoms with Crippen molar-refractivity contribution < 1.29 is 19.1 Å². The largest absolute Gasteiger partial charge is 0.486 e. The van der Waals surface area contributed by atoms with Gasteiger partial charge < -0.3 is 24.1 Å². The molecule has 4 heterocycles. The van der Waals surface area contributed by atoms with Crippen LogP contribution in [-0.2, 0) is 16.1 Å². The van der Waals surface area contributed by atoms with Gasteiger partial charge in [0.25, 0.3) is 0 Å². The highest BCUT2D eigenvalue weighted by Gasteiger charge is 2.35. The summed E-state index contributed by atoms with van der Waals surface area (Å²) in [5.41, 5.74) is 2.32. The van der Waals surface area contributed by atoms with Crippen LogP contribution in [0.25, 0.3) is 5.65 Å². The maximum Gasteiger partial charge on any atom is 0.227 e. The average molecular weight is 392 g/mol. The first-order valence-electron chi connectivity index (χ1n) is 9.58. The molecule has 0 spiro atoms. The van der Waals surface area contributed by atoms with Gasteiger partial charge in [-0.1, -0.05) is 6.07 Å². The number of aromatic nitrogens is 2. The fraction of sp³-hybridized carbons (Fsp3) is 0.286. The molecule has 1 aromatic carbocycles. The number of imidazole rings is 1. The molecule has 0 saturated carbocycles. The monoisotopic (exact) mass is 392 g/mol. The number of hydrogen-bond donors (Lipinski definition) is 1. The lowest BCUT2D eigenvalue weighted by Gasteiger charge is -2.22. The molecule has 8 nitrogen and oxygen atoms in total. The Morgan fingerprint density at radius 1 is 1.17 bits per heavy atom. The fourth-order valence-electron chi connectivity index (χ4n) is 3.73. The first kappa shape index (κ1) is 17.5. The van der Waals surface area contributed by atoms with Crippen molar-refractivity contribution in [2.24, 2.45) is 5.92 Å². The van der Waals surface area contributed by atoms with Crippen molar-refractivity contribution >= 4 is 23.1 Å². The molecule has 148 valence electrons. The Morgan fingerprint density at radius 2 is 2.03 bits per heavy atom. The van der Waals surface area contributed by atoms with Gasteiger partial charge in [-0.15, -0.1) is 0 Å². The highest BCUT2D eigenvalue weighted by Crippen LogP contribution is 2.36. The van der Waals surface area contributed by atoms with Crippen LogP contribution in [0, 0.1) is 5.92 Å². The lowest BCUT2D eigenvalue weighted by molar-refractivity contribution is -0.126. The van der Waals surface area contributed by atoms with E-state index in [4.69, 9.17) is 9.47 Å². The minimum Gasteiger partial charge on any atom is -0.486 e. The minimum atomic E-state index is -0.396. The van der Waals surface area contributed by atoms with Crippen molar-refractivity contribution in [3.63, 3.8) is 0 Å². The predicted octanol–water partition coefficient (Wildman–Crippen LogP) is 1.77. The molecule has 29 heavy (non-hydrogen) atoms. The number of ether oxygens (including phenoxy) is 2. The van der Waals surface area contributed by atoms with Crippen LogP contribution in [0.1, 0.15) is 12.1 Å². The molecule has 0 radical (unpaired) electrons. The Morgan fingerprint density at radius 3 is 2.90 bits per heavy atom. The SMILES string of the molecule is O=C(NCc1cn2ccccc2n1)C1CC(=O)N(c2ccc3c(c2)OCCO3)C1. The van der Waals surface area contributed by atoms with Crippen LogP contribution in [0.3, 0.4) is 0 Å². The van der Waals surface area contributed by atoms with Crippen molar-refractivity contribution in [1.29, 1.82) is 0 Å². The molecular weight excluding hydrogens is 372 g/mol. The highest BCUT2D eigenvalue weighted by atomic mass is 16.6. The zero-order valence-electron chi connectivity index (χ0n) is 15.7. The van der Waals surface area contributed by atoms with Crippen molar-refractivity contribution in [3.8, 4) is 11.5 Å². The number of benzene rings is 1. The lowest BCUT2D eigenvalue weighted by atomic mass is 10.1. The number of carbonyl (C=O) groups excluding carboxylic acids is 2. The third-order valence-electron chi connectivity index (χ3n) is 5.19. The van der Waals surface area contributed by atoms with Crippen molar-refractivity contribution in [2.45, 2.75) is 13.0 Å². The summed E-state index contributed by atoms with van der Waals surface area (Å²) < 4.78 is 13.0. The van der Waals surface area contributed by atoms with E-state index < -0.39 is 5.92 Å². The molecule has 2 aliphatic heterocycles. The van der Waals surface area contributed by atoms with E-state index in [9.17, 15) is 9.59 Å². The molecule has 0 bridgehead atoms. The number of pyridine rings is 1. The second-order valence-corrected chi connectivity index (χ2v) is 7.15. The van der Waals surface area contributed by atoms with E-state index in [0.717, 1.165) is 17.0 Å². The van der Waals surface area contributed by atoms with Crippen molar-refractivity contribution in [3.05, 3.63) is 54.5 Å². The number of nitrogens with one attached hydrogen (secondary N) is 1. The first-order valence-corrected chi connectivity index (χ1v) is 9.58. The summed E-state index contributed by atoms with van der Waals surface area (Å²) in [6.45, 7) is 1.67. The normalized spacial score (nSPS) is 18.3. The van der Waals surface area contributed by atoms with Gasteiger partial charge >= 0.3 is 0 Å². The molecule has 1 N–H and O–H groups in total. The van der Waals surface area contributed by atoms with Gasteiger partial charge in [-0.05, 0) is 24.3 Å². The Kier molecular flexibility index (Phi) is 4.31. The highest BCUT2D eigenvalue weighted by molar-refractivity contribution is 6.00. The van der Waals surface area contributed by atoms with Gasteiger partial charge in [0.05, 0.1) is 18.2 Å². The van der Waals surface area contributed by atoms with Crippen LogP contribution >= 0.6 is 0 Å². The summed E-state index contributed by atoms with van der Waals surface area (Å²) in [7, 11) is 0. The number of anilines is 1. The quantitative estimate of drug-likeness (QED) is 0.732. The van der Waals surface area contributed by atoms with Gasteiger partial charge in [0, 0.05) is 37.1 Å². The predicted molar refractivity (Wildman–Crippen MR) is 105 cm³/mol. The number of carbonyl (C=O) groups is 2. The molecule has 2 aliphatic rings. The molecule has 0 aliphatic carbocycles. The molecular formula is C21H20N4O4. The van der Waals surface area contributed by atoms with E-state index in [1.54, 1.807) is 17.0 Å². The Bertz CT molecular complexity index is 1060. The number of fused-ring (bicyclic) bond motifs is 2. The molecule has 2 amide bonds. The van der Waals surface area contributed by atoms with Crippen LogP contribution in [0.5, 0.6) is 11.5 Å². The van der Waals surface area contributed by atoms with Gasteiger partial charge in [0.2, 0.25) is 11.8 Å². The fourth-order valence-corrected chi connectivity index (χ4v) is 3.73. The molecule has 3 aromatic rings. The summed E-state index contributed by atoms with van der Waals surface area (Å²) in [6, 6.07) is 11.2. The molecule has 1 atom stereocenters. The molecule has 5 rings (SSSR count). The Balaban J connectivity index is 1.24. The van der Waals surface area contributed by atoms with Gasteiger partial charge in [0.15, 0.2) is 11.5 Å². The maximum absolute atomic E-state index is 12.6. The Labute approximate surface area is 167 Å². The van der Waals surface area contributed by atoms with Crippen LogP contribution < -0.4 is 19.7 Å². The standard InChI is InChI=1S/C21H20N4O4/c26-20-9-14(12-25(20)16-4-5-17-18(10-16)29-8-7-28-17)21(27)22-11-15-13-24-6-2-1-3-19(24)23-15/h1-6,10,13-14H,7-9,11-12H2,(H,22,27). The van der Waals surface area contributed by atoms with E-state index >= 15 is 0 Å². The lowest BCUT2D eigenvalue weighted by Crippen LogP contribution is -2.32. The van der Waals surface area contributed by atoms with Gasteiger partial charge in [-0.3, -0.25) is 9.59 Å². The zero-order valence-corrected chi connectivity index (χ0v) is 15.7. The maximum atomic E-state index is 12.6. The Hall–Kier alpha value is -3.55. The zero-order chi connectivity index (χ0) is 19.8. The molecule has 2 aromatic heterocycles. The van der Waals surface area contributed by atoms with Crippen molar-refractivity contribution in [2.75, 3.05) is 24.7 Å². The van der Waals surface area contributed by atoms with Gasteiger partial charge in [-0.25, -0.2) is 4.98 Å². The van der Waals surface area contributed by atoms with Crippen LogP contribution in [0.2, 0.25) is 0 Å². The topological polar surface area (TPSA) is 85.2 Å². The van der Waals surface area contributed by atoms with Gasteiger partial charge in [-0.2, -0.15) is 0 Å². The summed E-state index contributed by atoms with van der Waals surface area (Å²) >= 11 is 0. The van der Waals surface area contributed by atoms with Gasteiger partial charge in [0.1, 0.15) is 18.9 Å². The van der Waals surface area contributed by atoms with Crippen LogP contribution in [0.4, 0.5) is 5.69 Å².